The summed E-state index contributed by atoms with van der Waals surface area (Å²) in [6, 6.07) is 31.5. The summed E-state index contributed by atoms with van der Waals surface area (Å²) in [5.74, 6) is -0.142. The third-order valence-electron chi connectivity index (χ3n) is 7.87. The second-order valence-electron chi connectivity index (χ2n) is 10.4. The molecule has 5 aromatic rings. The van der Waals surface area contributed by atoms with E-state index in [9.17, 15) is 14.4 Å². The number of esters is 3. The number of benzene rings is 5. The van der Waals surface area contributed by atoms with Gasteiger partial charge in [-0.25, -0.2) is 14.4 Å². The summed E-state index contributed by atoms with van der Waals surface area (Å²) in [4.78, 5) is 39.1. The Bertz CT molecular complexity index is 1840. The third-order valence-corrected chi connectivity index (χ3v) is 7.87. The summed E-state index contributed by atoms with van der Waals surface area (Å²) < 4.78 is 24.4. The van der Waals surface area contributed by atoms with Crippen molar-refractivity contribution in [2.24, 2.45) is 0 Å². The van der Waals surface area contributed by atoms with Crippen molar-refractivity contribution in [2.75, 3.05) is 0 Å². The van der Waals surface area contributed by atoms with Crippen LogP contribution in [0.2, 0.25) is 0 Å². The van der Waals surface area contributed by atoms with Crippen molar-refractivity contribution >= 4 is 17.9 Å². The van der Waals surface area contributed by atoms with E-state index in [1.54, 1.807) is 98.8 Å². The van der Waals surface area contributed by atoms with Crippen LogP contribution in [-0.4, -0.2) is 17.9 Å². The molecule has 210 valence electrons. The molecule has 0 atom stereocenters. The van der Waals surface area contributed by atoms with Crippen LogP contribution < -0.4 is 14.2 Å². The number of carbonyl (C=O) groups excluding carboxylic acids is 3. The highest BCUT2D eigenvalue weighted by atomic mass is 16.6. The molecule has 0 unspecified atom stereocenters. The highest BCUT2D eigenvalue weighted by molar-refractivity contribution is 5.97. The maximum atomic E-state index is 13.3. The summed E-state index contributed by atoms with van der Waals surface area (Å²) in [6.45, 7) is 3.56. The largest absolute Gasteiger partial charge is 0.456 e. The van der Waals surface area contributed by atoms with E-state index in [0.29, 0.717) is 67.5 Å². The highest BCUT2D eigenvalue weighted by Crippen LogP contribution is 2.59. The molecule has 7 nitrogen and oxygen atoms in total. The first-order valence-corrected chi connectivity index (χ1v) is 13.7. The lowest BCUT2D eigenvalue weighted by Crippen LogP contribution is -2.33. The topological polar surface area (TPSA) is 88.1 Å². The average Bonchev–Trinajstić information content (AvgIpc) is 3.33. The molecule has 0 N–H and O–H groups in total. The van der Waals surface area contributed by atoms with Crippen molar-refractivity contribution in [3.63, 3.8) is 0 Å². The van der Waals surface area contributed by atoms with Crippen LogP contribution in [0.4, 0.5) is 0 Å². The molecule has 0 saturated carbocycles. The van der Waals surface area contributed by atoms with Crippen LogP contribution in [0.1, 0.15) is 58.9 Å². The molecule has 0 bridgehead atoms. The summed E-state index contributed by atoms with van der Waals surface area (Å²) in [5, 5.41) is 0. The average molecular weight is 569 g/mol. The number of carbonyl (C=O) groups is 3. The van der Waals surface area contributed by atoms with Crippen LogP contribution in [0.3, 0.4) is 0 Å². The Kier molecular flexibility index (Phi) is 6.09. The van der Waals surface area contributed by atoms with Gasteiger partial charge in [-0.15, -0.1) is 0 Å². The molecule has 1 spiro atoms. The van der Waals surface area contributed by atoms with Gasteiger partial charge in [0.2, 0.25) is 0 Å². The first kappa shape index (κ1) is 26.2. The zero-order valence-electron chi connectivity index (χ0n) is 23.3. The monoisotopic (exact) mass is 568 g/mol. The van der Waals surface area contributed by atoms with Gasteiger partial charge in [0.1, 0.15) is 23.0 Å². The van der Waals surface area contributed by atoms with Gasteiger partial charge in [0.25, 0.3) is 0 Å². The first-order chi connectivity index (χ1) is 20.9. The van der Waals surface area contributed by atoms with Gasteiger partial charge in [-0.2, -0.15) is 0 Å². The van der Waals surface area contributed by atoms with E-state index in [1.807, 2.05) is 24.3 Å². The standard InChI is InChI=1S/C36H24O7/c1-21-29(40-33(37)23-11-5-3-6-12-23)19-17-27-31(21)42-32-22(2)30(41-34(38)24-13-7-4-8-14-24)20-18-28(32)36(27)26-16-10-9-15-25(26)35(39)43-36/h3-20H,1-2H3. The molecule has 0 saturated heterocycles. The fourth-order valence-corrected chi connectivity index (χ4v) is 5.72. The molecule has 7 heteroatoms. The lowest BCUT2D eigenvalue weighted by molar-refractivity contribution is 0.0223. The number of hydrogen-bond acceptors (Lipinski definition) is 7. The molecule has 43 heavy (non-hydrogen) atoms. The molecule has 5 aromatic carbocycles. The van der Waals surface area contributed by atoms with Crippen LogP contribution >= 0.6 is 0 Å². The molecule has 0 aromatic heterocycles. The lowest BCUT2D eigenvalue weighted by Gasteiger charge is -2.38. The van der Waals surface area contributed by atoms with Gasteiger partial charge in [-0.3, -0.25) is 0 Å². The van der Waals surface area contributed by atoms with Crippen LogP contribution in [0.15, 0.2) is 109 Å². The number of ether oxygens (including phenoxy) is 4. The second kappa shape index (κ2) is 9.99. The van der Waals surface area contributed by atoms with Gasteiger partial charge in [-0.05, 0) is 68.4 Å². The zero-order valence-corrected chi connectivity index (χ0v) is 23.3. The lowest BCUT2D eigenvalue weighted by atomic mass is 9.76. The third kappa shape index (κ3) is 4.08. The minimum Gasteiger partial charge on any atom is -0.456 e. The van der Waals surface area contributed by atoms with Gasteiger partial charge < -0.3 is 18.9 Å². The summed E-state index contributed by atoms with van der Waals surface area (Å²) in [7, 11) is 0. The fraction of sp³-hybridized carbons (Fsp3) is 0.0833. The molecular formula is C36H24O7. The Labute approximate surface area is 247 Å². The van der Waals surface area contributed by atoms with Crippen LogP contribution in [0, 0.1) is 13.8 Å². The fourth-order valence-electron chi connectivity index (χ4n) is 5.72. The second-order valence-corrected chi connectivity index (χ2v) is 10.4. The molecule has 2 aliphatic rings. The van der Waals surface area contributed by atoms with Crippen molar-refractivity contribution in [3.05, 3.63) is 154 Å². The maximum absolute atomic E-state index is 13.3. The number of fused-ring (bicyclic) bond motifs is 6. The van der Waals surface area contributed by atoms with E-state index in [0.717, 1.165) is 0 Å². The number of hydrogen-bond donors (Lipinski definition) is 0. The predicted molar refractivity (Wildman–Crippen MR) is 157 cm³/mol. The predicted octanol–water partition coefficient (Wildman–Crippen LogP) is 7.31. The van der Waals surface area contributed by atoms with E-state index in [-0.39, 0.29) is 0 Å². The van der Waals surface area contributed by atoms with Crippen molar-refractivity contribution in [1.29, 1.82) is 0 Å². The minimum atomic E-state index is -1.34. The molecule has 0 radical (unpaired) electrons. The Morgan fingerprint density at radius 1 is 0.581 bits per heavy atom. The van der Waals surface area contributed by atoms with E-state index < -0.39 is 23.5 Å². The molecular weight excluding hydrogens is 544 g/mol. The number of rotatable bonds is 4. The molecule has 0 fully saturated rings. The molecule has 7 rings (SSSR count). The normalized spacial score (nSPS) is 13.7. The van der Waals surface area contributed by atoms with E-state index in [4.69, 9.17) is 18.9 Å². The summed E-state index contributed by atoms with van der Waals surface area (Å²) in [5.41, 5.74) is 2.83. The van der Waals surface area contributed by atoms with Gasteiger partial charge in [-0.1, -0.05) is 54.6 Å². The minimum absolute atomic E-state index is 0.299. The smallest absolute Gasteiger partial charge is 0.343 e. The first-order valence-electron chi connectivity index (χ1n) is 13.7. The Morgan fingerprint density at radius 2 is 1.05 bits per heavy atom. The summed E-state index contributed by atoms with van der Waals surface area (Å²) in [6.07, 6.45) is 0. The summed E-state index contributed by atoms with van der Waals surface area (Å²) >= 11 is 0. The van der Waals surface area contributed by atoms with Gasteiger partial charge in [0.15, 0.2) is 5.60 Å². The SMILES string of the molecule is Cc1c(OC(=O)c2ccccc2)ccc2c1Oc1c(ccc(OC(=O)c3ccccc3)c1C)C21OC(=O)c2ccccc21. The maximum Gasteiger partial charge on any atom is 0.343 e. The Hall–Kier alpha value is -5.69. The van der Waals surface area contributed by atoms with Crippen molar-refractivity contribution < 1.29 is 33.3 Å². The van der Waals surface area contributed by atoms with Gasteiger partial charge >= 0.3 is 17.9 Å². The van der Waals surface area contributed by atoms with E-state index >= 15 is 0 Å². The van der Waals surface area contributed by atoms with Crippen LogP contribution in [0.25, 0.3) is 0 Å². The quantitative estimate of drug-likeness (QED) is 0.166. The molecule has 2 heterocycles. The van der Waals surface area contributed by atoms with Crippen LogP contribution in [-0.2, 0) is 10.3 Å². The van der Waals surface area contributed by atoms with E-state index in [2.05, 4.69) is 0 Å². The van der Waals surface area contributed by atoms with Gasteiger partial charge in [0.05, 0.1) is 16.7 Å². The highest BCUT2D eigenvalue weighted by Gasteiger charge is 2.54. The Balaban J connectivity index is 1.38. The Morgan fingerprint density at radius 3 is 1.56 bits per heavy atom. The molecule has 0 aliphatic carbocycles. The van der Waals surface area contributed by atoms with Gasteiger partial charge in [0, 0.05) is 27.8 Å². The molecule has 2 aliphatic heterocycles. The molecule has 0 amide bonds. The van der Waals surface area contributed by atoms with E-state index in [1.165, 1.54) is 0 Å². The van der Waals surface area contributed by atoms with Crippen molar-refractivity contribution in [1.82, 2.24) is 0 Å². The zero-order chi connectivity index (χ0) is 29.7. The van der Waals surface area contributed by atoms with Crippen LogP contribution in [0.5, 0.6) is 23.0 Å². The van der Waals surface area contributed by atoms with Crippen molar-refractivity contribution in [3.8, 4) is 23.0 Å². The van der Waals surface area contributed by atoms with Crippen molar-refractivity contribution in [2.45, 2.75) is 19.4 Å².